The van der Waals surface area contributed by atoms with Gasteiger partial charge in [0.25, 0.3) is 0 Å². The summed E-state index contributed by atoms with van der Waals surface area (Å²) in [6.07, 6.45) is -0.341. The molecule has 1 amide bonds. The number of fused-ring (bicyclic) bond motifs is 3. The van der Waals surface area contributed by atoms with E-state index < -0.39 is 18.1 Å². The van der Waals surface area contributed by atoms with Gasteiger partial charge in [0.1, 0.15) is 12.6 Å². The third-order valence-electron chi connectivity index (χ3n) is 5.68. The molecule has 0 saturated carbocycles. The fourth-order valence-electron chi connectivity index (χ4n) is 4.10. The minimum absolute atomic E-state index is 0.0987. The number of hydrogen-bond acceptors (Lipinski definition) is 3. The number of amides is 1. The van der Waals surface area contributed by atoms with Gasteiger partial charge >= 0.3 is 12.1 Å². The lowest BCUT2D eigenvalue weighted by Crippen LogP contribution is -2.41. The third kappa shape index (κ3) is 4.59. The molecule has 2 N–H and O–H groups in total. The zero-order valence-corrected chi connectivity index (χ0v) is 18.6. The molecule has 1 atom stereocenters. The summed E-state index contributed by atoms with van der Waals surface area (Å²) in [5.74, 6) is -1.25. The molecule has 0 bridgehead atoms. The normalized spacial score (nSPS) is 13.2. The number of carboxylic acid groups (broad SMARTS) is 1. The van der Waals surface area contributed by atoms with Crippen LogP contribution in [-0.4, -0.2) is 29.8 Å². The van der Waals surface area contributed by atoms with Crippen LogP contribution >= 0.6 is 23.2 Å². The summed E-state index contributed by atoms with van der Waals surface area (Å²) in [5, 5.41) is 12.9. The van der Waals surface area contributed by atoms with E-state index in [1.165, 1.54) is 0 Å². The largest absolute Gasteiger partial charge is 0.480 e. The summed E-state index contributed by atoms with van der Waals surface area (Å²) in [4.78, 5) is 24.1. The molecule has 5 nitrogen and oxygen atoms in total. The summed E-state index contributed by atoms with van der Waals surface area (Å²) in [7, 11) is 0. The van der Waals surface area contributed by atoms with Gasteiger partial charge < -0.3 is 15.2 Å². The second-order valence-electron chi connectivity index (χ2n) is 7.60. The summed E-state index contributed by atoms with van der Waals surface area (Å²) in [6.45, 7) is 0.114. The molecule has 0 saturated heterocycles. The first kappa shape index (κ1) is 22.2. The third-order valence-corrected chi connectivity index (χ3v) is 6.39. The van der Waals surface area contributed by atoms with Crippen LogP contribution in [0, 0.1) is 0 Å². The van der Waals surface area contributed by atoms with Crippen molar-refractivity contribution in [3.05, 3.63) is 93.5 Å². The lowest BCUT2D eigenvalue weighted by molar-refractivity contribution is -0.139. The maximum atomic E-state index is 12.4. The Balaban J connectivity index is 1.40. The Kier molecular flexibility index (Phi) is 6.68. The first-order chi connectivity index (χ1) is 15.5. The molecular formula is C25H21Cl2NO4. The molecule has 0 fully saturated rings. The standard InChI is InChI=1S/C25H21Cl2NO4/c26-21-10-5-11-22(27)19(21)12-13-23(24(29)30)28-25(31)32-14-20-17-8-3-1-6-15(17)16-7-2-4-9-18(16)20/h1-11,20,23H,12-14H2,(H,28,31)(H,29,30). The molecule has 164 valence electrons. The van der Waals surface area contributed by atoms with Crippen LogP contribution in [-0.2, 0) is 16.0 Å². The molecular weight excluding hydrogens is 449 g/mol. The number of carboxylic acids is 1. The van der Waals surface area contributed by atoms with Gasteiger partial charge in [-0.1, -0.05) is 77.8 Å². The highest BCUT2D eigenvalue weighted by Gasteiger charge is 2.29. The van der Waals surface area contributed by atoms with Crippen molar-refractivity contribution >= 4 is 35.3 Å². The van der Waals surface area contributed by atoms with E-state index in [4.69, 9.17) is 27.9 Å². The Bertz CT molecular complexity index is 1100. The van der Waals surface area contributed by atoms with Gasteiger partial charge in [-0.05, 0) is 52.8 Å². The zero-order valence-electron chi connectivity index (χ0n) is 17.1. The van der Waals surface area contributed by atoms with Crippen molar-refractivity contribution < 1.29 is 19.4 Å². The van der Waals surface area contributed by atoms with Gasteiger partial charge in [-0.2, -0.15) is 0 Å². The van der Waals surface area contributed by atoms with Crippen molar-refractivity contribution in [2.45, 2.75) is 24.8 Å². The Morgan fingerprint density at radius 3 is 2.03 bits per heavy atom. The van der Waals surface area contributed by atoms with Gasteiger partial charge in [-0.3, -0.25) is 0 Å². The lowest BCUT2D eigenvalue weighted by atomic mass is 9.98. The average Bonchev–Trinajstić information content (AvgIpc) is 3.10. The predicted octanol–water partition coefficient (Wildman–Crippen LogP) is 5.92. The maximum Gasteiger partial charge on any atom is 0.407 e. The summed E-state index contributed by atoms with van der Waals surface area (Å²) in [5.41, 5.74) is 5.07. The van der Waals surface area contributed by atoms with Gasteiger partial charge in [0.15, 0.2) is 0 Å². The monoisotopic (exact) mass is 469 g/mol. The number of carbonyl (C=O) groups is 2. The van der Waals surface area contributed by atoms with E-state index in [9.17, 15) is 14.7 Å². The van der Waals surface area contributed by atoms with Crippen LogP contribution in [0.4, 0.5) is 4.79 Å². The van der Waals surface area contributed by atoms with Gasteiger partial charge in [0.05, 0.1) is 0 Å². The molecule has 3 aromatic rings. The number of carbonyl (C=O) groups excluding carboxylic acids is 1. The number of benzene rings is 3. The number of halogens is 2. The number of aliphatic carboxylic acids is 1. The summed E-state index contributed by atoms with van der Waals surface area (Å²) < 4.78 is 5.45. The van der Waals surface area contributed by atoms with Crippen LogP contribution in [0.2, 0.25) is 10.0 Å². The van der Waals surface area contributed by atoms with Crippen molar-refractivity contribution in [1.82, 2.24) is 5.32 Å². The van der Waals surface area contributed by atoms with Gasteiger partial charge in [0, 0.05) is 16.0 Å². The van der Waals surface area contributed by atoms with E-state index in [1.807, 2.05) is 36.4 Å². The zero-order chi connectivity index (χ0) is 22.7. The highest BCUT2D eigenvalue weighted by Crippen LogP contribution is 2.44. The Morgan fingerprint density at radius 1 is 0.906 bits per heavy atom. The van der Waals surface area contributed by atoms with Gasteiger partial charge in [0.2, 0.25) is 0 Å². The second-order valence-corrected chi connectivity index (χ2v) is 8.41. The topological polar surface area (TPSA) is 75.6 Å². The highest BCUT2D eigenvalue weighted by molar-refractivity contribution is 6.36. The average molecular weight is 470 g/mol. The van der Waals surface area contributed by atoms with Crippen LogP contribution in [0.5, 0.6) is 0 Å². The number of ether oxygens (including phenoxy) is 1. The molecule has 0 heterocycles. The molecule has 32 heavy (non-hydrogen) atoms. The van der Waals surface area contributed by atoms with Crippen molar-refractivity contribution in [2.75, 3.05) is 6.61 Å². The molecule has 1 aliphatic rings. The number of rotatable bonds is 7. The SMILES string of the molecule is O=C(NC(CCc1c(Cl)cccc1Cl)C(=O)O)OCC1c2ccccc2-c2ccccc21. The Labute approximate surface area is 195 Å². The van der Waals surface area contributed by atoms with E-state index >= 15 is 0 Å². The fourth-order valence-corrected chi connectivity index (χ4v) is 4.69. The Hall–Kier alpha value is -3.02. The quantitative estimate of drug-likeness (QED) is 0.450. The van der Waals surface area contributed by atoms with E-state index in [-0.39, 0.29) is 18.9 Å². The number of nitrogens with one attached hydrogen (secondary N) is 1. The van der Waals surface area contributed by atoms with Crippen LogP contribution in [0.25, 0.3) is 11.1 Å². The molecule has 4 rings (SSSR count). The van der Waals surface area contributed by atoms with E-state index in [0.717, 1.165) is 22.3 Å². The van der Waals surface area contributed by atoms with Crippen LogP contribution in [0.3, 0.4) is 0 Å². The van der Waals surface area contributed by atoms with Gasteiger partial charge in [-0.15, -0.1) is 0 Å². The molecule has 7 heteroatoms. The molecule has 1 aliphatic carbocycles. The molecule has 0 aromatic heterocycles. The minimum Gasteiger partial charge on any atom is -0.480 e. The minimum atomic E-state index is -1.15. The van der Waals surface area contributed by atoms with E-state index in [2.05, 4.69) is 17.4 Å². The predicted molar refractivity (Wildman–Crippen MR) is 124 cm³/mol. The molecule has 0 aliphatic heterocycles. The van der Waals surface area contributed by atoms with Crippen LogP contribution in [0.15, 0.2) is 66.7 Å². The first-order valence-electron chi connectivity index (χ1n) is 10.2. The Morgan fingerprint density at radius 2 is 1.47 bits per heavy atom. The summed E-state index contributed by atoms with van der Waals surface area (Å²) >= 11 is 12.3. The first-order valence-corrected chi connectivity index (χ1v) is 11.0. The lowest BCUT2D eigenvalue weighted by Gasteiger charge is -2.18. The molecule has 3 aromatic carbocycles. The van der Waals surface area contributed by atoms with Crippen molar-refractivity contribution in [3.63, 3.8) is 0 Å². The van der Waals surface area contributed by atoms with Crippen molar-refractivity contribution in [3.8, 4) is 11.1 Å². The second kappa shape index (κ2) is 9.63. The highest BCUT2D eigenvalue weighted by atomic mass is 35.5. The van der Waals surface area contributed by atoms with Crippen molar-refractivity contribution in [1.29, 1.82) is 0 Å². The van der Waals surface area contributed by atoms with Crippen LogP contribution in [0.1, 0.15) is 29.0 Å². The summed E-state index contributed by atoms with van der Waals surface area (Å²) in [6, 6.07) is 20.0. The number of alkyl carbamates (subject to hydrolysis) is 1. The van der Waals surface area contributed by atoms with Crippen LogP contribution < -0.4 is 5.32 Å². The maximum absolute atomic E-state index is 12.4. The van der Waals surface area contributed by atoms with Crippen molar-refractivity contribution in [2.24, 2.45) is 0 Å². The molecule has 0 spiro atoms. The molecule has 0 radical (unpaired) electrons. The molecule has 1 unspecified atom stereocenters. The fraction of sp³-hybridized carbons (Fsp3) is 0.200. The van der Waals surface area contributed by atoms with Gasteiger partial charge in [-0.25, -0.2) is 9.59 Å². The van der Waals surface area contributed by atoms with E-state index in [1.54, 1.807) is 18.2 Å². The smallest absolute Gasteiger partial charge is 0.407 e. The van der Waals surface area contributed by atoms with E-state index in [0.29, 0.717) is 22.0 Å². The number of hydrogen-bond donors (Lipinski definition) is 2.